The second-order valence-corrected chi connectivity index (χ2v) is 5.44. The predicted octanol–water partition coefficient (Wildman–Crippen LogP) is 2.57. The Balaban J connectivity index is 2.12. The third kappa shape index (κ3) is 3.62. The van der Waals surface area contributed by atoms with Gasteiger partial charge in [0.15, 0.2) is 5.69 Å². The standard InChI is InChI=1S/C16H22N4O/c1-4-12(2)11-19(3)16(21)15-9-10-20(18-15)14-7-5-13(17)6-8-14/h5-10,12H,4,11,17H2,1-3H3. The Bertz CT molecular complexity index is 603. The number of hydrogen-bond acceptors (Lipinski definition) is 3. The fraction of sp³-hybridized carbons (Fsp3) is 0.375. The molecule has 0 aliphatic rings. The Morgan fingerprint density at radius 1 is 1.33 bits per heavy atom. The van der Waals surface area contributed by atoms with Gasteiger partial charge in [-0.3, -0.25) is 4.79 Å². The normalized spacial score (nSPS) is 12.1. The average molecular weight is 286 g/mol. The van der Waals surface area contributed by atoms with Crippen molar-refractivity contribution < 1.29 is 4.79 Å². The number of aromatic nitrogens is 2. The molecule has 0 saturated heterocycles. The van der Waals surface area contributed by atoms with E-state index in [0.29, 0.717) is 17.3 Å². The number of hydrogen-bond donors (Lipinski definition) is 1. The molecule has 1 atom stereocenters. The van der Waals surface area contributed by atoms with E-state index in [9.17, 15) is 4.79 Å². The van der Waals surface area contributed by atoms with Gasteiger partial charge in [0.1, 0.15) is 0 Å². The van der Waals surface area contributed by atoms with E-state index in [1.54, 1.807) is 21.8 Å². The van der Waals surface area contributed by atoms with E-state index in [0.717, 1.165) is 18.7 Å². The summed E-state index contributed by atoms with van der Waals surface area (Å²) in [6.45, 7) is 5.00. The smallest absolute Gasteiger partial charge is 0.274 e. The molecule has 0 fully saturated rings. The summed E-state index contributed by atoms with van der Waals surface area (Å²) in [7, 11) is 1.82. The maximum Gasteiger partial charge on any atom is 0.274 e. The first kappa shape index (κ1) is 15.1. The quantitative estimate of drug-likeness (QED) is 0.859. The molecule has 1 unspecified atom stereocenters. The molecule has 0 bridgehead atoms. The van der Waals surface area contributed by atoms with E-state index >= 15 is 0 Å². The second-order valence-electron chi connectivity index (χ2n) is 5.44. The van der Waals surface area contributed by atoms with E-state index in [1.807, 2.05) is 31.3 Å². The van der Waals surface area contributed by atoms with E-state index < -0.39 is 0 Å². The first-order valence-electron chi connectivity index (χ1n) is 7.18. The molecule has 2 aromatic rings. The lowest BCUT2D eigenvalue weighted by molar-refractivity contribution is 0.0768. The van der Waals surface area contributed by atoms with Crippen LogP contribution in [-0.4, -0.2) is 34.2 Å². The number of carbonyl (C=O) groups is 1. The van der Waals surface area contributed by atoms with Crippen LogP contribution in [0.15, 0.2) is 36.5 Å². The summed E-state index contributed by atoms with van der Waals surface area (Å²) in [6.07, 6.45) is 2.84. The Morgan fingerprint density at radius 2 is 2.00 bits per heavy atom. The Kier molecular flexibility index (Phi) is 4.62. The van der Waals surface area contributed by atoms with Gasteiger partial charge in [0.25, 0.3) is 5.91 Å². The summed E-state index contributed by atoms with van der Waals surface area (Å²) >= 11 is 0. The van der Waals surface area contributed by atoms with Gasteiger partial charge in [0, 0.05) is 25.5 Å². The van der Waals surface area contributed by atoms with E-state index in [4.69, 9.17) is 5.73 Å². The van der Waals surface area contributed by atoms with Gasteiger partial charge in [-0.1, -0.05) is 20.3 Å². The second kappa shape index (κ2) is 6.43. The highest BCUT2D eigenvalue weighted by atomic mass is 16.2. The fourth-order valence-electron chi connectivity index (χ4n) is 2.08. The van der Waals surface area contributed by atoms with Gasteiger partial charge in [-0.15, -0.1) is 0 Å². The van der Waals surface area contributed by atoms with Crippen molar-refractivity contribution in [2.45, 2.75) is 20.3 Å². The number of anilines is 1. The number of amides is 1. The zero-order valence-corrected chi connectivity index (χ0v) is 12.8. The average Bonchev–Trinajstić information content (AvgIpc) is 2.96. The summed E-state index contributed by atoms with van der Waals surface area (Å²) in [6, 6.07) is 9.12. The maximum atomic E-state index is 12.3. The number of carbonyl (C=O) groups excluding carboxylic acids is 1. The van der Waals surface area contributed by atoms with Gasteiger partial charge >= 0.3 is 0 Å². The van der Waals surface area contributed by atoms with Crippen LogP contribution in [0, 0.1) is 5.92 Å². The van der Waals surface area contributed by atoms with Gasteiger partial charge in [0.05, 0.1) is 5.69 Å². The lowest BCUT2D eigenvalue weighted by atomic mass is 10.1. The zero-order valence-electron chi connectivity index (χ0n) is 12.8. The highest BCUT2D eigenvalue weighted by Gasteiger charge is 2.16. The van der Waals surface area contributed by atoms with Crippen molar-refractivity contribution in [3.05, 3.63) is 42.2 Å². The van der Waals surface area contributed by atoms with Crippen LogP contribution >= 0.6 is 0 Å². The lowest BCUT2D eigenvalue weighted by Gasteiger charge is -2.19. The highest BCUT2D eigenvalue weighted by molar-refractivity contribution is 5.92. The van der Waals surface area contributed by atoms with Gasteiger partial charge in [-0.25, -0.2) is 4.68 Å². The molecule has 1 aromatic carbocycles. The van der Waals surface area contributed by atoms with Crippen molar-refractivity contribution in [1.82, 2.24) is 14.7 Å². The van der Waals surface area contributed by atoms with Crippen LogP contribution in [0.2, 0.25) is 0 Å². The minimum absolute atomic E-state index is 0.0514. The minimum Gasteiger partial charge on any atom is -0.399 e. The van der Waals surface area contributed by atoms with Crippen molar-refractivity contribution >= 4 is 11.6 Å². The summed E-state index contributed by atoms with van der Waals surface area (Å²) in [5.41, 5.74) is 7.71. The van der Waals surface area contributed by atoms with Crippen LogP contribution in [0.3, 0.4) is 0 Å². The molecule has 112 valence electrons. The van der Waals surface area contributed by atoms with Crippen molar-refractivity contribution in [1.29, 1.82) is 0 Å². The molecule has 0 aliphatic carbocycles. The summed E-state index contributed by atoms with van der Waals surface area (Å²) < 4.78 is 1.68. The van der Waals surface area contributed by atoms with Gasteiger partial charge in [-0.2, -0.15) is 5.10 Å². The van der Waals surface area contributed by atoms with E-state index in [2.05, 4.69) is 18.9 Å². The molecule has 5 heteroatoms. The molecule has 2 N–H and O–H groups in total. The molecule has 5 nitrogen and oxygen atoms in total. The van der Waals surface area contributed by atoms with Gasteiger partial charge in [0.2, 0.25) is 0 Å². The molecular weight excluding hydrogens is 264 g/mol. The Morgan fingerprint density at radius 3 is 2.62 bits per heavy atom. The zero-order chi connectivity index (χ0) is 15.4. The monoisotopic (exact) mass is 286 g/mol. The van der Waals surface area contributed by atoms with Crippen LogP contribution < -0.4 is 5.73 Å². The third-order valence-electron chi connectivity index (χ3n) is 3.59. The van der Waals surface area contributed by atoms with Crippen molar-refractivity contribution in [2.24, 2.45) is 5.92 Å². The molecule has 1 amide bonds. The number of nitrogens with zero attached hydrogens (tertiary/aromatic N) is 3. The van der Waals surface area contributed by atoms with Crippen LogP contribution in [0.4, 0.5) is 5.69 Å². The molecule has 0 aliphatic heterocycles. The Hall–Kier alpha value is -2.30. The lowest BCUT2D eigenvalue weighted by Crippen LogP contribution is -2.31. The third-order valence-corrected chi connectivity index (χ3v) is 3.59. The molecule has 2 rings (SSSR count). The Labute approximate surface area is 125 Å². The molecule has 0 spiro atoms. The summed E-state index contributed by atoms with van der Waals surface area (Å²) in [4.78, 5) is 14.1. The first-order chi connectivity index (χ1) is 10.0. The van der Waals surface area contributed by atoms with Crippen LogP contribution in [0.1, 0.15) is 30.8 Å². The number of rotatable bonds is 5. The first-order valence-corrected chi connectivity index (χ1v) is 7.18. The number of nitrogens with two attached hydrogens (primary N) is 1. The molecule has 1 aromatic heterocycles. The predicted molar refractivity (Wildman–Crippen MR) is 84.4 cm³/mol. The SMILES string of the molecule is CCC(C)CN(C)C(=O)c1ccn(-c2ccc(N)cc2)n1. The largest absolute Gasteiger partial charge is 0.399 e. The number of nitrogen functional groups attached to an aromatic ring is 1. The van der Waals surface area contributed by atoms with Crippen LogP contribution in [-0.2, 0) is 0 Å². The molecule has 1 heterocycles. The van der Waals surface area contributed by atoms with Gasteiger partial charge < -0.3 is 10.6 Å². The molecule has 0 saturated carbocycles. The maximum absolute atomic E-state index is 12.3. The minimum atomic E-state index is -0.0514. The topological polar surface area (TPSA) is 64.2 Å². The molecule has 21 heavy (non-hydrogen) atoms. The van der Waals surface area contributed by atoms with Crippen molar-refractivity contribution in [3.8, 4) is 5.69 Å². The summed E-state index contributed by atoms with van der Waals surface area (Å²) in [5, 5.41) is 4.35. The highest BCUT2D eigenvalue weighted by Crippen LogP contribution is 2.12. The fourth-order valence-corrected chi connectivity index (χ4v) is 2.08. The molecular formula is C16H22N4O. The van der Waals surface area contributed by atoms with Gasteiger partial charge in [-0.05, 0) is 36.2 Å². The van der Waals surface area contributed by atoms with Crippen molar-refractivity contribution in [2.75, 3.05) is 19.3 Å². The van der Waals surface area contributed by atoms with Crippen LogP contribution in [0.25, 0.3) is 5.69 Å². The molecule has 0 radical (unpaired) electrons. The van der Waals surface area contributed by atoms with E-state index in [1.165, 1.54) is 0 Å². The van der Waals surface area contributed by atoms with Crippen molar-refractivity contribution in [3.63, 3.8) is 0 Å². The number of benzene rings is 1. The van der Waals surface area contributed by atoms with E-state index in [-0.39, 0.29) is 5.91 Å². The summed E-state index contributed by atoms with van der Waals surface area (Å²) in [5.74, 6) is 0.433. The van der Waals surface area contributed by atoms with Crippen LogP contribution in [0.5, 0.6) is 0 Å².